The summed E-state index contributed by atoms with van der Waals surface area (Å²) in [7, 11) is 0. The average Bonchev–Trinajstić information content (AvgIpc) is 2.58. The van der Waals surface area contributed by atoms with Gasteiger partial charge in [-0.1, -0.05) is 54.6 Å². The molecule has 0 spiro atoms. The molecule has 0 saturated heterocycles. The molecule has 0 radical (unpaired) electrons. The number of rotatable bonds is 6. The van der Waals surface area contributed by atoms with Crippen LogP contribution in [0.4, 0.5) is 10.5 Å². The van der Waals surface area contributed by atoms with Gasteiger partial charge in [-0.25, -0.2) is 14.6 Å². The monoisotopic (exact) mass is 346 g/mol. The second-order valence-electron chi connectivity index (χ2n) is 4.77. The summed E-state index contributed by atoms with van der Waals surface area (Å²) in [5.74, 6) is -1.22. The molecule has 0 fully saturated rings. The quantitative estimate of drug-likeness (QED) is 0.636. The molecular formula is C17H15ClN2O4. The summed E-state index contributed by atoms with van der Waals surface area (Å²) in [5.41, 5.74) is 0.767. The van der Waals surface area contributed by atoms with Gasteiger partial charge in [0, 0.05) is 12.3 Å². The van der Waals surface area contributed by atoms with Gasteiger partial charge < -0.3 is 9.84 Å². The molecule has 0 saturated carbocycles. The molecular weight excluding hydrogens is 332 g/mol. The molecule has 24 heavy (non-hydrogen) atoms. The van der Waals surface area contributed by atoms with Gasteiger partial charge in [-0.05, 0) is 5.56 Å². The fourth-order valence-electron chi connectivity index (χ4n) is 2.03. The van der Waals surface area contributed by atoms with Crippen LogP contribution >= 0.6 is 11.6 Å². The number of benzene rings is 1. The summed E-state index contributed by atoms with van der Waals surface area (Å²) < 4.78 is 5.07. The van der Waals surface area contributed by atoms with Gasteiger partial charge in [-0.2, -0.15) is 0 Å². The molecule has 7 heteroatoms. The Morgan fingerprint density at radius 3 is 2.67 bits per heavy atom. The zero-order valence-corrected chi connectivity index (χ0v) is 13.4. The predicted octanol–water partition coefficient (Wildman–Crippen LogP) is 3.76. The van der Waals surface area contributed by atoms with Gasteiger partial charge in [-0.3, -0.25) is 4.90 Å². The number of anilines is 1. The number of hydrogen-bond acceptors (Lipinski definition) is 4. The third-order valence-corrected chi connectivity index (χ3v) is 3.31. The second-order valence-corrected chi connectivity index (χ2v) is 5.15. The zero-order chi connectivity index (χ0) is 17.5. The first-order valence-corrected chi connectivity index (χ1v) is 7.38. The van der Waals surface area contributed by atoms with Crippen molar-refractivity contribution < 1.29 is 19.4 Å². The lowest BCUT2D eigenvalue weighted by Crippen LogP contribution is -2.32. The average molecular weight is 347 g/mol. The largest absolute Gasteiger partial charge is 0.478 e. The van der Waals surface area contributed by atoms with Gasteiger partial charge in [0.2, 0.25) is 0 Å². The number of aromatic carboxylic acids is 1. The lowest BCUT2D eigenvalue weighted by Gasteiger charge is -2.23. The molecule has 2 rings (SSSR count). The van der Waals surface area contributed by atoms with Crippen molar-refractivity contribution in [3.8, 4) is 0 Å². The molecule has 1 aromatic carbocycles. The van der Waals surface area contributed by atoms with Gasteiger partial charge >= 0.3 is 12.1 Å². The van der Waals surface area contributed by atoms with E-state index in [1.807, 2.05) is 30.3 Å². The first kappa shape index (κ1) is 17.5. The van der Waals surface area contributed by atoms with Crippen molar-refractivity contribution in [3.63, 3.8) is 0 Å². The lowest BCUT2D eigenvalue weighted by atomic mass is 10.1. The van der Waals surface area contributed by atoms with Crippen LogP contribution in [-0.4, -0.2) is 28.8 Å². The molecule has 6 nitrogen and oxygen atoms in total. The van der Waals surface area contributed by atoms with Crippen LogP contribution in [0.1, 0.15) is 15.9 Å². The molecule has 124 valence electrons. The Labute approximate surface area is 144 Å². The minimum absolute atomic E-state index is 0.00530. The lowest BCUT2D eigenvalue weighted by molar-refractivity contribution is 0.0697. The molecule has 0 aliphatic heterocycles. The molecule has 0 atom stereocenters. The van der Waals surface area contributed by atoms with E-state index in [-0.39, 0.29) is 29.6 Å². The number of carbonyl (C=O) groups excluding carboxylic acids is 1. The summed E-state index contributed by atoms with van der Waals surface area (Å²) in [6, 6.07) is 10.4. The van der Waals surface area contributed by atoms with Gasteiger partial charge in [0.15, 0.2) is 0 Å². The van der Waals surface area contributed by atoms with Crippen molar-refractivity contribution in [2.45, 2.75) is 6.54 Å². The summed E-state index contributed by atoms with van der Waals surface area (Å²) >= 11 is 5.88. The van der Waals surface area contributed by atoms with E-state index in [0.717, 1.165) is 11.8 Å². The number of amides is 1. The maximum Gasteiger partial charge on any atom is 0.414 e. The van der Waals surface area contributed by atoms with Crippen molar-refractivity contribution in [2.24, 2.45) is 0 Å². The molecule has 0 unspecified atom stereocenters. The Bertz CT molecular complexity index is 750. The number of carbonyl (C=O) groups is 2. The van der Waals surface area contributed by atoms with E-state index in [2.05, 4.69) is 11.6 Å². The topological polar surface area (TPSA) is 79.7 Å². The van der Waals surface area contributed by atoms with Crippen LogP contribution in [0, 0.1) is 0 Å². The zero-order valence-electron chi connectivity index (χ0n) is 12.7. The predicted molar refractivity (Wildman–Crippen MR) is 90.4 cm³/mol. The van der Waals surface area contributed by atoms with Gasteiger partial charge in [0.25, 0.3) is 0 Å². The number of hydrogen-bond donors (Lipinski definition) is 1. The van der Waals surface area contributed by atoms with E-state index in [0.29, 0.717) is 0 Å². The molecule has 0 aliphatic rings. The number of nitrogens with zero attached hydrogens (tertiary/aromatic N) is 2. The number of carboxylic acids is 1. The molecule has 1 heterocycles. The molecule has 1 amide bonds. The highest BCUT2D eigenvalue weighted by Gasteiger charge is 2.24. The maximum absolute atomic E-state index is 12.4. The number of carboxylic acid groups (broad SMARTS) is 1. The van der Waals surface area contributed by atoms with Crippen molar-refractivity contribution >= 4 is 29.4 Å². The molecule has 0 aliphatic carbocycles. The van der Waals surface area contributed by atoms with E-state index >= 15 is 0 Å². The van der Waals surface area contributed by atoms with Crippen molar-refractivity contribution in [1.29, 1.82) is 0 Å². The highest BCUT2D eigenvalue weighted by Crippen LogP contribution is 2.26. The van der Waals surface area contributed by atoms with Crippen LogP contribution in [-0.2, 0) is 11.3 Å². The van der Waals surface area contributed by atoms with Crippen LogP contribution in [0.3, 0.4) is 0 Å². The molecule has 0 bridgehead atoms. The summed E-state index contributed by atoms with van der Waals surface area (Å²) in [6.07, 6.45) is 1.83. The Morgan fingerprint density at radius 1 is 1.33 bits per heavy atom. The minimum Gasteiger partial charge on any atom is -0.478 e. The molecule has 1 aromatic heterocycles. The molecule has 1 N–H and O–H groups in total. The Kier molecular flexibility index (Phi) is 5.92. The van der Waals surface area contributed by atoms with Crippen molar-refractivity contribution in [3.05, 3.63) is 71.5 Å². The van der Waals surface area contributed by atoms with Crippen LogP contribution in [0.5, 0.6) is 0 Å². The highest BCUT2D eigenvalue weighted by molar-refractivity contribution is 6.29. The van der Waals surface area contributed by atoms with E-state index in [9.17, 15) is 14.7 Å². The highest BCUT2D eigenvalue weighted by atomic mass is 35.5. The van der Waals surface area contributed by atoms with E-state index in [1.54, 1.807) is 0 Å². The standard InChI is InChI=1S/C17H15ClN2O4/c1-2-8-24-17(23)20(11-12-6-4-3-5-7-12)14-9-15(18)19-10-13(14)16(21)22/h2-7,9-10H,1,8,11H2,(H,21,22). The van der Waals surface area contributed by atoms with Crippen LogP contribution in [0.2, 0.25) is 5.15 Å². The smallest absolute Gasteiger partial charge is 0.414 e. The minimum atomic E-state index is -1.22. The van der Waals surface area contributed by atoms with E-state index in [1.165, 1.54) is 17.0 Å². The van der Waals surface area contributed by atoms with Crippen LogP contribution in [0.15, 0.2) is 55.3 Å². The van der Waals surface area contributed by atoms with Crippen LogP contribution < -0.4 is 4.90 Å². The van der Waals surface area contributed by atoms with E-state index in [4.69, 9.17) is 16.3 Å². The Morgan fingerprint density at radius 2 is 2.04 bits per heavy atom. The maximum atomic E-state index is 12.4. The fraction of sp³-hybridized carbons (Fsp3) is 0.118. The third-order valence-electron chi connectivity index (χ3n) is 3.10. The first-order chi connectivity index (χ1) is 11.5. The van der Waals surface area contributed by atoms with Gasteiger partial charge in [0.05, 0.1) is 12.2 Å². The Balaban J connectivity index is 2.45. The number of pyridine rings is 1. The normalized spacial score (nSPS) is 10.0. The summed E-state index contributed by atoms with van der Waals surface area (Å²) in [5, 5.41) is 9.43. The fourth-order valence-corrected chi connectivity index (χ4v) is 2.18. The number of ether oxygens (including phenoxy) is 1. The number of aromatic nitrogens is 1. The first-order valence-electron chi connectivity index (χ1n) is 7.01. The van der Waals surface area contributed by atoms with Crippen molar-refractivity contribution in [1.82, 2.24) is 4.98 Å². The van der Waals surface area contributed by atoms with Crippen LogP contribution in [0.25, 0.3) is 0 Å². The van der Waals surface area contributed by atoms with Gasteiger partial charge in [-0.15, -0.1) is 0 Å². The third kappa shape index (κ3) is 4.33. The number of halogens is 1. The van der Waals surface area contributed by atoms with Gasteiger partial charge in [0.1, 0.15) is 17.3 Å². The Hall–Kier alpha value is -2.86. The SMILES string of the molecule is C=CCOC(=O)N(Cc1ccccc1)c1cc(Cl)ncc1C(=O)O. The summed E-state index contributed by atoms with van der Waals surface area (Å²) in [6.45, 7) is 3.62. The second kappa shape index (κ2) is 8.12. The van der Waals surface area contributed by atoms with Crippen molar-refractivity contribution in [2.75, 3.05) is 11.5 Å². The van der Waals surface area contributed by atoms with E-state index < -0.39 is 12.1 Å². The molecule has 2 aromatic rings. The summed E-state index contributed by atoms with van der Waals surface area (Å²) in [4.78, 5) is 28.8.